The molecule has 0 saturated heterocycles. The fourth-order valence-corrected chi connectivity index (χ4v) is 1.62. The first kappa shape index (κ1) is 12.2. The molecule has 0 radical (unpaired) electrons. The topological polar surface area (TPSA) is 32.3 Å². The van der Waals surface area contributed by atoms with Gasteiger partial charge in [0.15, 0.2) is 0 Å². The van der Waals surface area contributed by atoms with E-state index in [9.17, 15) is 4.79 Å². The van der Waals surface area contributed by atoms with Gasteiger partial charge in [-0.25, -0.2) is 0 Å². The number of allylic oxidation sites excluding steroid dienone is 1. The van der Waals surface area contributed by atoms with Gasteiger partial charge in [-0.05, 0) is 33.1 Å². The number of carbonyl (C=O) groups excluding carboxylic acids is 1. The van der Waals surface area contributed by atoms with Crippen LogP contribution in [0.4, 0.5) is 0 Å². The number of nitrogens with one attached hydrogen (secondary N) is 1. The number of likely N-dealkylation sites (N-methyl/N-ethyl adjacent to an activating group) is 1. The quantitative estimate of drug-likeness (QED) is 0.714. The second-order valence-electron chi connectivity index (χ2n) is 4.46. The van der Waals surface area contributed by atoms with Crippen LogP contribution in [0.15, 0.2) is 12.2 Å². The van der Waals surface area contributed by atoms with Crippen LogP contribution in [0.2, 0.25) is 0 Å². The highest BCUT2D eigenvalue weighted by Crippen LogP contribution is 2.10. The predicted molar refractivity (Wildman–Crippen MR) is 62.7 cm³/mol. The fraction of sp³-hybridized carbons (Fsp3) is 0.750. The maximum Gasteiger partial charge on any atom is 0.236 e. The summed E-state index contributed by atoms with van der Waals surface area (Å²) in [5.41, 5.74) is 0. The third-order valence-electron chi connectivity index (χ3n) is 2.98. The lowest BCUT2D eigenvalue weighted by Gasteiger charge is -2.24. The van der Waals surface area contributed by atoms with Gasteiger partial charge in [0.2, 0.25) is 5.91 Å². The van der Waals surface area contributed by atoms with E-state index < -0.39 is 0 Å². The van der Waals surface area contributed by atoms with E-state index >= 15 is 0 Å². The third kappa shape index (κ3) is 4.04. The Balaban J connectivity index is 2.24. The van der Waals surface area contributed by atoms with Crippen molar-refractivity contribution in [3.8, 4) is 0 Å². The Kier molecular flexibility index (Phi) is 4.82. The zero-order valence-corrected chi connectivity index (χ0v) is 9.99. The van der Waals surface area contributed by atoms with Crippen LogP contribution in [0.5, 0.6) is 0 Å². The largest absolute Gasteiger partial charge is 0.342 e. The van der Waals surface area contributed by atoms with E-state index in [0.717, 1.165) is 19.3 Å². The van der Waals surface area contributed by atoms with Gasteiger partial charge in [-0.15, -0.1) is 0 Å². The highest BCUT2D eigenvalue weighted by molar-refractivity contribution is 5.78. The summed E-state index contributed by atoms with van der Waals surface area (Å²) in [7, 11) is 1.86. The molecule has 0 fully saturated rings. The van der Waals surface area contributed by atoms with Crippen molar-refractivity contribution in [3.05, 3.63) is 12.2 Å². The van der Waals surface area contributed by atoms with Crippen molar-refractivity contribution >= 4 is 5.91 Å². The van der Waals surface area contributed by atoms with E-state index in [2.05, 4.69) is 17.5 Å². The van der Waals surface area contributed by atoms with Crippen LogP contribution in [-0.2, 0) is 4.79 Å². The third-order valence-corrected chi connectivity index (χ3v) is 2.98. The van der Waals surface area contributed by atoms with Gasteiger partial charge in [0.1, 0.15) is 0 Å². The maximum atomic E-state index is 11.7. The predicted octanol–water partition coefficient (Wildman–Crippen LogP) is 1.55. The lowest BCUT2D eigenvalue weighted by molar-refractivity contribution is -0.130. The van der Waals surface area contributed by atoms with Crippen molar-refractivity contribution in [2.75, 3.05) is 13.6 Å². The Morgan fingerprint density at radius 3 is 2.80 bits per heavy atom. The molecule has 15 heavy (non-hydrogen) atoms. The molecule has 1 aliphatic carbocycles. The summed E-state index contributed by atoms with van der Waals surface area (Å²) in [6, 6.07) is 0.769. The number of carbonyl (C=O) groups is 1. The van der Waals surface area contributed by atoms with Gasteiger partial charge in [-0.2, -0.15) is 0 Å². The van der Waals surface area contributed by atoms with E-state index in [1.165, 1.54) is 0 Å². The first-order valence-corrected chi connectivity index (χ1v) is 5.75. The summed E-state index contributed by atoms with van der Waals surface area (Å²) in [4.78, 5) is 13.5. The Morgan fingerprint density at radius 1 is 1.53 bits per heavy atom. The Morgan fingerprint density at radius 2 is 2.27 bits per heavy atom. The summed E-state index contributed by atoms with van der Waals surface area (Å²) < 4.78 is 0. The molecule has 0 bridgehead atoms. The fourth-order valence-electron chi connectivity index (χ4n) is 1.62. The number of hydrogen-bond donors (Lipinski definition) is 1. The average Bonchev–Trinajstić information content (AvgIpc) is 2.26. The van der Waals surface area contributed by atoms with Crippen LogP contribution in [0.25, 0.3) is 0 Å². The molecule has 1 rings (SSSR count). The molecule has 0 aromatic carbocycles. The number of amides is 1. The van der Waals surface area contributed by atoms with Crippen LogP contribution in [0, 0.1) is 0 Å². The molecule has 86 valence electrons. The van der Waals surface area contributed by atoms with E-state index in [-0.39, 0.29) is 11.9 Å². The van der Waals surface area contributed by atoms with Gasteiger partial charge >= 0.3 is 0 Å². The van der Waals surface area contributed by atoms with E-state index in [1.807, 2.05) is 20.9 Å². The molecule has 1 unspecified atom stereocenters. The molecule has 1 aliphatic rings. The van der Waals surface area contributed by atoms with E-state index in [4.69, 9.17) is 0 Å². The lowest BCUT2D eigenvalue weighted by Crippen LogP contribution is -2.42. The molecule has 0 aliphatic heterocycles. The molecule has 3 heteroatoms. The molecular formula is C12H22N2O. The van der Waals surface area contributed by atoms with Crippen LogP contribution >= 0.6 is 0 Å². The molecular weight excluding hydrogens is 188 g/mol. The summed E-state index contributed by atoms with van der Waals surface area (Å²) in [5.74, 6) is 0.180. The first-order valence-electron chi connectivity index (χ1n) is 5.75. The number of nitrogens with zero attached hydrogens (tertiary/aromatic N) is 1. The van der Waals surface area contributed by atoms with Crippen molar-refractivity contribution in [1.29, 1.82) is 0 Å². The van der Waals surface area contributed by atoms with Crippen LogP contribution < -0.4 is 5.32 Å². The normalized spacial score (nSPS) is 20.7. The van der Waals surface area contributed by atoms with Crippen molar-refractivity contribution in [2.24, 2.45) is 0 Å². The summed E-state index contributed by atoms with van der Waals surface area (Å²) in [6.07, 6.45) is 7.73. The van der Waals surface area contributed by atoms with Crippen LogP contribution in [0.1, 0.15) is 33.1 Å². The standard InChI is InChI=1S/C12H22N2O/c1-10(2)14(3)12(15)9-13-11-7-5-4-6-8-11/h4-5,10-11,13H,6-9H2,1-3H3. The summed E-state index contributed by atoms with van der Waals surface area (Å²) in [6.45, 7) is 4.52. The highest BCUT2D eigenvalue weighted by atomic mass is 16.2. The summed E-state index contributed by atoms with van der Waals surface area (Å²) in [5, 5.41) is 3.31. The molecule has 0 saturated carbocycles. The minimum absolute atomic E-state index is 0.180. The van der Waals surface area contributed by atoms with Crippen molar-refractivity contribution in [1.82, 2.24) is 10.2 Å². The monoisotopic (exact) mass is 210 g/mol. The van der Waals surface area contributed by atoms with E-state index in [1.54, 1.807) is 4.90 Å². The van der Waals surface area contributed by atoms with Gasteiger partial charge < -0.3 is 10.2 Å². The van der Waals surface area contributed by atoms with E-state index in [0.29, 0.717) is 12.6 Å². The zero-order valence-electron chi connectivity index (χ0n) is 9.99. The Bertz CT molecular complexity index is 236. The van der Waals surface area contributed by atoms with Gasteiger partial charge in [-0.3, -0.25) is 4.79 Å². The van der Waals surface area contributed by atoms with Gasteiger partial charge in [-0.1, -0.05) is 12.2 Å². The van der Waals surface area contributed by atoms with Gasteiger partial charge in [0, 0.05) is 19.1 Å². The number of rotatable bonds is 4. The minimum Gasteiger partial charge on any atom is -0.342 e. The molecule has 0 aromatic rings. The van der Waals surface area contributed by atoms with Gasteiger partial charge in [0.25, 0.3) is 0 Å². The molecule has 1 atom stereocenters. The van der Waals surface area contributed by atoms with Crippen molar-refractivity contribution in [3.63, 3.8) is 0 Å². The first-order chi connectivity index (χ1) is 7.11. The number of hydrogen-bond acceptors (Lipinski definition) is 2. The Labute approximate surface area is 92.5 Å². The molecule has 0 heterocycles. The van der Waals surface area contributed by atoms with Crippen LogP contribution in [0.3, 0.4) is 0 Å². The van der Waals surface area contributed by atoms with Crippen molar-refractivity contribution < 1.29 is 4.79 Å². The molecule has 0 spiro atoms. The molecule has 1 amide bonds. The highest BCUT2D eigenvalue weighted by Gasteiger charge is 2.14. The summed E-state index contributed by atoms with van der Waals surface area (Å²) >= 11 is 0. The van der Waals surface area contributed by atoms with Crippen LogP contribution in [-0.4, -0.2) is 36.5 Å². The Hall–Kier alpha value is -0.830. The second kappa shape index (κ2) is 5.91. The lowest BCUT2D eigenvalue weighted by atomic mass is 10.0. The average molecular weight is 210 g/mol. The molecule has 1 N–H and O–H groups in total. The molecule has 0 aromatic heterocycles. The zero-order chi connectivity index (χ0) is 11.3. The maximum absolute atomic E-state index is 11.7. The second-order valence-corrected chi connectivity index (χ2v) is 4.46. The SMILES string of the molecule is CC(C)N(C)C(=O)CNC1CC=CCC1. The van der Waals surface area contributed by atoms with Gasteiger partial charge in [0.05, 0.1) is 6.54 Å². The smallest absolute Gasteiger partial charge is 0.236 e. The molecule has 3 nitrogen and oxygen atoms in total. The van der Waals surface area contributed by atoms with Crippen molar-refractivity contribution in [2.45, 2.75) is 45.2 Å². The minimum atomic E-state index is 0.180.